The van der Waals surface area contributed by atoms with Crippen molar-refractivity contribution in [3.63, 3.8) is 0 Å². The number of carbonyl (C=O) groups is 2. The van der Waals surface area contributed by atoms with Gasteiger partial charge in [-0.1, -0.05) is 24.3 Å². The van der Waals surface area contributed by atoms with Crippen LogP contribution < -0.4 is 4.74 Å². The molecule has 26 heavy (non-hydrogen) atoms. The largest absolute Gasteiger partial charge is 0.497 e. The van der Waals surface area contributed by atoms with E-state index in [4.69, 9.17) is 9.47 Å². The van der Waals surface area contributed by atoms with Crippen molar-refractivity contribution in [3.8, 4) is 5.75 Å². The van der Waals surface area contributed by atoms with Crippen LogP contribution in [0.2, 0.25) is 0 Å². The summed E-state index contributed by atoms with van der Waals surface area (Å²) < 4.78 is 11.1. The maximum absolute atomic E-state index is 12.7. The number of nitrogens with zero attached hydrogens (tertiary/aromatic N) is 1. The fourth-order valence-corrected chi connectivity index (χ4v) is 3.41. The first-order valence-corrected chi connectivity index (χ1v) is 9.19. The fourth-order valence-electron chi connectivity index (χ4n) is 3.00. The maximum Gasteiger partial charge on any atom is 0.340 e. The Kier molecular flexibility index (Phi) is 5.61. The molecule has 0 aromatic heterocycles. The number of methoxy groups -OCH3 is 1. The van der Waals surface area contributed by atoms with Gasteiger partial charge in [0.2, 0.25) is 0 Å². The molecule has 0 unspecified atom stereocenters. The van der Waals surface area contributed by atoms with Crippen LogP contribution in [0.15, 0.2) is 46.9 Å². The van der Waals surface area contributed by atoms with Crippen LogP contribution in [-0.4, -0.2) is 36.5 Å². The van der Waals surface area contributed by atoms with Gasteiger partial charge in [0, 0.05) is 17.6 Å². The van der Waals surface area contributed by atoms with Gasteiger partial charge in [-0.25, -0.2) is 4.79 Å². The van der Waals surface area contributed by atoms with Gasteiger partial charge in [0.05, 0.1) is 12.7 Å². The minimum atomic E-state index is -0.856. The quantitative estimate of drug-likeness (QED) is 0.713. The Hall–Kier alpha value is -2.34. The van der Waals surface area contributed by atoms with Crippen LogP contribution in [0.1, 0.15) is 28.4 Å². The minimum absolute atomic E-state index is 0.188. The Morgan fingerprint density at radius 2 is 1.88 bits per heavy atom. The third-order valence-electron chi connectivity index (χ3n) is 4.47. The number of ether oxygens (including phenoxy) is 2. The van der Waals surface area contributed by atoms with E-state index in [-0.39, 0.29) is 5.91 Å². The highest BCUT2D eigenvalue weighted by Crippen LogP contribution is 2.24. The monoisotopic (exact) mass is 417 g/mol. The third-order valence-corrected chi connectivity index (χ3v) is 5.16. The number of carbonyl (C=O) groups excluding carboxylic acids is 2. The molecule has 1 atom stereocenters. The van der Waals surface area contributed by atoms with E-state index in [1.54, 1.807) is 30.0 Å². The summed E-state index contributed by atoms with van der Waals surface area (Å²) in [4.78, 5) is 26.9. The summed E-state index contributed by atoms with van der Waals surface area (Å²) in [5.74, 6) is -0.201. The number of fused-ring (bicyclic) bond motifs is 1. The van der Waals surface area contributed by atoms with Crippen LogP contribution in [0.3, 0.4) is 0 Å². The number of benzene rings is 2. The van der Waals surface area contributed by atoms with E-state index in [9.17, 15) is 9.59 Å². The van der Waals surface area contributed by atoms with Crippen molar-refractivity contribution in [3.05, 3.63) is 63.6 Å². The third kappa shape index (κ3) is 3.90. The van der Waals surface area contributed by atoms with Crippen LogP contribution in [0.5, 0.6) is 5.75 Å². The van der Waals surface area contributed by atoms with Crippen molar-refractivity contribution in [2.45, 2.75) is 26.0 Å². The molecule has 0 saturated heterocycles. The van der Waals surface area contributed by atoms with Crippen LogP contribution in [0.4, 0.5) is 0 Å². The Balaban J connectivity index is 1.67. The van der Waals surface area contributed by atoms with Gasteiger partial charge in [-0.2, -0.15) is 0 Å². The summed E-state index contributed by atoms with van der Waals surface area (Å²) in [6, 6.07) is 13.1. The summed E-state index contributed by atoms with van der Waals surface area (Å²) in [6.45, 7) is 2.77. The number of halogens is 1. The minimum Gasteiger partial charge on any atom is -0.497 e. The Bertz CT molecular complexity index is 836. The summed E-state index contributed by atoms with van der Waals surface area (Å²) in [5, 5.41) is 0. The van der Waals surface area contributed by atoms with E-state index >= 15 is 0 Å². The summed E-state index contributed by atoms with van der Waals surface area (Å²) in [7, 11) is 1.53. The number of hydrogen-bond donors (Lipinski definition) is 0. The SMILES string of the molecule is COc1ccc(Br)c(C(=O)O[C@@H](C)C(=O)N2CCc3ccccc3C2)c1. The highest BCUT2D eigenvalue weighted by molar-refractivity contribution is 9.10. The summed E-state index contributed by atoms with van der Waals surface area (Å²) in [5.41, 5.74) is 2.73. The van der Waals surface area contributed by atoms with Crippen LogP contribution in [0, 0.1) is 0 Å². The van der Waals surface area contributed by atoms with Gasteiger partial charge in [-0.3, -0.25) is 4.79 Å². The highest BCUT2D eigenvalue weighted by Gasteiger charge is 2.27. The van der Waals surface area contributed by atoms with Gasteiger partial charge in [-0.05, 0) is 58.6 Å². The number of amides is 1. The Morgan fingerprint density at radius 3 is 2.62 bits per heavy atom. The molecule has 0 radical (unpaired) electrons. The molecule has 0 aliphatic carbocycles. The molecule has 2 aromatic rings. The van der Waals surface area contributed by atoms with Gasteiger partial charge >= 0.3 is 5.97 Å². The molecule has 0 bridgehead atoms. The van der Waals surface area contributed by atoms with E-state index < -0.39 is 12.1 Å². The lowest BCUT2D eigenvalue weighted by atomic mass is 9.99. The second-order valence-electron chi connectivity index (χ2n) is 6.17. The first-order chi connectivity index (χ1) is 12.5. The van der Waals surface area contributed by atoms with E-state index in [1.807, 2.05) is 18.2 Å². The van der Waals surface area contributed by atoms with Crippen molar-refractivity contribution in [1.82, 2.24) is 4.90 Å². The van der Waals surface area contributed by atoms with Crippen LogP contribution in [-0.2, 0) is 22.5 Å². The molecule has 2 aromatic carbocycles. The molecular formula is C20H20BrNO4. The molecule has 5 nitrogen and oxygen atoms in total. The van der Waals surface area contributed by atoms with Gasteiger partial charge in [0.15, 0.2) is 6.10 Å². The maximum atomic E-state index is 12.7. The second-order valence-corrected chi connectivity index (χ2v) is 7.03. The van der Waals surface area contributed by atoms with E-state index in [0.717, 1.165) is 12.0 Å². The molecule has 0 spiro atoms. The number of esters is 1. The molecule has 0 saturated carbocycles. The zero-order valence-electron chi connectivity index (χ0n) is 14.7. The molecular weight excluding hydrogens is 398 g/mol. The first kappa shape index (κ1) is 18.5. The molecule has 0 fully saturated rings. The second kappa shape index (κ2) is 7.91. The lowest BCUT2D eigenvalue weighted by Crippen LogP contribution is -2.42. The lowest BCUT2D eigenvalue weighted by Gasteiger charge is -2.30. The van der Waals surface area contributed by atoms with E-state index in [0.29, 0.717) is 28.9 Å². The van der Waals surface area contributed by atoms with E-state index in [1.165, 1.54) is 12.7 Å². The normalized spacial score (nSPS) is 14.3. The van der Waals surface area contributed by atoms with E-state index in [2.05, 4.69) is 22.0 Å². The molecule has 0 N–H and O–H groups in total. The smallest absolute Gasteiger partial charge is 0.340 e. The fraction of sp³-hybridized carbons (Fsp3) is 0.300. The highest BCUT2D eigenvalue weighted by atomic mass is 79.9. The number of rotatable bonds is 4. The zero-order chi connectivity index (χ0) is 18.7. The molecule has 1 aliphatic heterocycles. The molecule has 6 heteroatoms. The van der Waals surface area contributed by atoms with Gasteiger partial charge in [0.1, 0.15) is 5.75 Å². The average molecular weight is 418 g/mol. The first-order valence-electron chi connectivity index (χ1n) is 8.39. The summed E-state index contributed by atoms with van der Waals surface area (Å²) in [6.07, 6.45) is -0.0461. The summed E-state index contributed by atoms with van der Waals surface area (Å²) >= 11 is 3.33. The van der Waals surface area contributed by atoms with Crippen molar-refractivity contribution < 1.29 is 19.1 Å². The van der Waals surface area contributed by atoms with Crippen molar-refractivity contribution in [2.75, 3.05) is 13.7 Å². The Morgan fingerprint density at radius 1 is 1.15 bits per heavy atom. The topological polar surface area (TPSA) is 55.8 Å². The predicted molar refractivity (Wildman–Crippen MR) is 101 cm³/mol. The lowest BCUT2D eigenvalue weighted by molar-refractivity contribution is -0.140. The zero-order valence-corrected chi connectivity index (χ0v) is 16.3. The van der Waals surface area contributed by atoms with Crippen LogP contribution in [0.25, 0.3) is 0 Å². The molecule has 1 amide bonds. The number of hydrogen-bond acceptors (Lipinski definition) is 4. The standard InChI is InChI=1S/C20H20BrNO4/c1-13(26-20(24)17-11-16(25-2)7-8-18(17)21)19(23)22-10-9-14-5-3-4-6-15(14)12-22/h3-8,11,13H,9-10,12H2,1-2H3/t13-/m0/s1. The van der Waals surface area contributed by atoms with Gasteiger partial charge in [0.25, 0.3) is 5.91 Å². The van der Waals surface area contributed by atoms with Crippen molar-refractivity contribution in [2.24, 2.45) is 0 Å². The van der Waals surface area contributed by atoms with Gasteiger partial charge in [-0.15, -0.1) is 0 Å². The Labute approximate surface area is 161 Å². The van der Waals surface area contributed by atoms with Crippen LogP contribution >= 0.6 is 15.9 Å². The molecule has 1 aliphatic rings. The molecule has 3 rings (SSSR count). The molecule has 1 heterocycles. The predicted octanol–water partition coefficient (Wildman–Crippen LogP) is 3.59. The molecule has 136 valence electrons. The van der Waals surface area contributed by atoms with Gasteiger partial charge < -0.3 is 14.4 Å². The van der Waals surface area contributed by atoms with Crippen molar-refractivity contribution in [1.29, 1.82) is 0 Å². The average Bonchev–Trinajstić information content (AvgIpc) is 2.67. The van der Waals surface area contributed by atoms with Crippen molar-refractivity contribution >= 4 is 27.8 Å².